The van der Waals surface area contributed by atoms with E-state index in [1.165, 1.54) is 0 Å². The molecule has 7 nitrogen and oxygen atoms in total. The Balaban J connectivity index is 1.73. The summed E-state index contributed by atoms with van der Waals surface area (Å²) in [6.07, 6.45) is 2.97. The molecule has 1 aliphatic rings. The second-order valence-corrected chi connectivity index (χ2v) is 9.11. The second-order valence-electron chi connectivity index (χ2n) is 9.11. The molecule has 0 unspecified atom stereocenters. The van der Waals surface area contributed by atoms with Gasteiger partial charge in [0.2, 0.25) is 0 Å². The maximum Gasteiger partial charge on any atom is 0.323 e. The van der Waals surface area contributed by atoms with Crippen molar-refractivity contribution in [1.29, 1.82) is 0 Å². The van der Waals surface area contributed by atoms with E-state index < -0.39 is 0 Å². The molecule has 3 N–H and O–H groups in total. The quantitative estimate of drug-likeness (QED) is 0.436. The van der Waals surface area contributed by atoms with Gasteiger partial charge in [-0.05, 0) is 75.8 Å². The van der Waals surface area contributed by atoms with Gasteiger partial charge in [0.1, 0.15) is 0 Å². The Morgan fingerprint density at radius 2 is 1.82 bits per heavy atom. The Morgan fingerprint density at radius 3 is 2.53 bits per heavy atom. The van der Waals surface area contributed by atoms with Crippen LogP contribution in [0.1, 0.15) is 54.6 Å². The van der Waals surface area contributed by atoms with Gasteiger partial charge in [-0.25, -0.2) is 4.79 Å². The Bertz CT molecular complexity index is 984. The van der Waals surface area contributed by atoms with Crippen molar-refractivity contribution < 1.29 is 14.3 Å². The lowest BCUT2D eigenvalue weighted by atomic mass is 9.98. The zero-order valence-electron chi connectivity index (χ0n) is 20.9. The van der Waals surface area contributed by atoms with Gasteiger partial charge in [0, 0.05) is 49.9 Å². The number of carbonyl (C=O) groups excluding carboxylic acids is 2. The van der Waals surface area contributed by atoms with E-state index in [4.69, 9.17) is 4.74 Å². The maximum atomic E-state index is 13.1. The van der Waals surface area contributed by atoms with Crippen LogP contribution in [0.4, 0.5) is 21.9 Å². The Labute approximate surface area is 203 Å². The number of hydrogen-bond donors (Lipinski definition) is 3. The molecule has 184 valence electrons. The Kier molecular flexibility index (Phi) is 9.33. The molecule has 2 aromatic rings. The lowest BCUT2D eigenvalue weighted by Crippen LogP contribution is -2.35. The molecule has 0 spiro atoms. The summed E-state index contributed by atoms with van der Waals surface area (Å²) in [6, 6.07) is 11.1. The smallest absolute Gasteiger partial charge is 0.323 e. The van der Waals surface area contributed by atoms with Crippen molar-refractivity contribution in [2.75, 3.05) is 48.4 Å². The van der Waals surface area contributed by atoms with Crippen molar-refractivity contribution in [1.82, 2.24) is 5.32 Å². The molecule has 1 heterocycles. The molecule has 7 heteroatoms. The third kappa shape index (κ3) is 7.22. The molecule has 0 radical (unpaired) electrons. The summed E-state index contributed by atoms with van der Waals surface area (Å²) in [5.41, 5.74) is 4.97. The molecule has 1 aliphatic heterocycles. The summed E-state index contributed by atoms with van der Waals surface area (Å²) in [6.45, 7) is 11.9. The first kappa shape index (κ1) is 25.6. The van der Waals surface area contributed by atoms with Crippen LogP contribution in [0.15, 0.2) is 36.4 Å². The monoisotopic (exact) mass is 466 g/mol. The number of urea groups is 1. The summed E-state index contributed by atoms with van der Waals surface area (Å²) >= 11 is 0. The minimum absolute atomic E-state index is 0.136. The van der Waals surface area contributed by atoms with E-state index in [1.54, 1.807) is 6.07 Å². The molecule has 2 aromatic carbocycles. The number of nitrogens with one attached hydrogen (secondary N) is 3. The van der Waals surface area contributed by atoms with E-state index in [2.05, 4.69) is 27.8 Å². The minimum atomic E-state index is -0.338. The van der Waals surface area contributed by atoms with Gasteiger partial charge in [-0.3, -0.25) is 4.79 Å². The third-order valence-corrected chi connectivity index (χ3v) is 6.21. The predicted molar refractivity (Wildman–Crippen MR) is 139 cm³/mol. The summed E-state index contributed by atoms with van der Waals surface area (Å²) in [5, 5.41) is 8.78. The van der Waals surface area contributed by atoms with E-state index in [9.17, 15) is 9.59 Å². The molecule has 1 saturated heterocycles. The first-order valence-electron chi connectivity index (χ1n) is 12.3. The van der Waals surface area contributed by atoms with Crippen LogP contribution in [0.5, 0.6) is 0 Å². The summed E-state index contributed by atoms with van der Waals surface area (Å²) in [4.78, 5) is 28.0. The molecule has 0 aliphatic carbocycles. The second kappa shape index (κ2) is 12.4. The minimum Gasteiger partial charge on any atom is -0.382 e. The molecular weight excluding hydrogens is 428 g/mol. The van der Waals surface area contributed by atoms with Gasteiger partial charge in [-0.1, -0.05) is 24.6 Å². The van der Waals surface area contributed by atoms with E-state index in [1.807, 2.05) is 51.1 Å². The van der Waals surface area contributed by atoms with Crippen molar-refractivity contribution in [3.8, 4) is 0 Å². The van der Waals surface area contributed by atoms with Gasteiger partial charge in [-0.15, -0.1) is 0 Å². The average molecular weight is 467 g/mol. The molecule has 3 rings (SSSR count). The lowest BCUT2D eigenvalue weighted by Gasteiger charge is -2.33. The topological polar surface area (TPSA) is 82.7 Å². The van der Waals surface area contributed by atoms with Gasteiger partial charge in [0.25, 0.3) is 5.91 Å². The highest BCUT2D eigenvalue weighted by Crippen LogP contribution is 2.29. The molecule has 0 saturated carbocycles. The summed E-state index contributed by atoms with van der Waals surface area (Å²) < 4.78 is 5.36. The van der Waals surface area contributed by atoms with Crippen LogP contribution in [0, 0.1) is 19.8 Å². The zero-order chi connectivity index (χ0) is 24.5. The highest BCUT2D eigenvalue weighted by atomic mass is 16.5. The first-order chi connectivity index (χ1) is 16.4. The highest BCUT2D eigenvalue weighted by molar-refractivity contribution is 6.04. The number of benzene rings is 2. The van der Waals surface area contributed by atoms with Crippen molar-refractivity contribution >= 4 is 29.0 Å². The van der Waals surface area contributed by atoms with E-state index in [0.29, 0.717) is 36.9 Å². The van der Waals surface area contributed by atoms with Gasteiger partial charge >= 0.3 is 6.03 Å². The fourth-order valence-electron chi connectivity index (χ4n) is 4.18. The number of nitrogens with zero attached hydrogens (tertiary/aromatic N) is 1. The average Bonchev–Trinajstić information content (AvgIpc) is 2.81. The standard InChI is InChI=1S/C27H38N4O3/c1-5-34-16-6-13-28-26(32)23-18-22(8-10-25(23)31-14-11-19(2)12-15-31)29-27(33)30-24-9-7-20(3)17-21(24)4/h7-10,17-19H,5-6,11-16H2,1-4H3,(H,28,32)(H2,29,30,33). The van der Waals surface area contributed by atoms with Crippen LogP contribution in [-0.2, 0) is 4.74 Å². The first-order valence-corrected chi connectivity index (χ1v) is 12.3. The summed E-state index contributed by atoms with van der Waals surface area (Å²) in [7, 11) is 0. The van der Waals surface area contributed by atoms with Crippen LogP contribution in [0.2, 0.25) is 0 Å². The van der Waals surface area contributed by atoms with E-state index in [-0.39, 0.29) is 11.9 Å². The number of ether oxygens (including phenoxy) is 1. The van der Waals surface area contributed by atoms with Crippen molar-refractivity contribution in [3.05, 3.63) is 53.1 Å². The number of rotatable bonds is 9. The molecule has 0 atom stereocenters. The SMILES string of the molecule is CCOCCCNC(=O)c1cc(NC(=O)Nc2ccc(C)cc2C)ccc1N1CCC(C)CC1. The normalized spacial score (nSPS) is 14.1. The fraction of sp³-hybridized carbons (Fsp3) is 0.481. The number of anilines is 3. The Hall–Kier alpha value is -3.06. The number of carbonyl (C=O) groups is 2. The van der Waals surface area contributed by atoms with Gasteiger partial charge in [0.05, 0.1) is 5.56 Å². The van der Waals surface area contributed by atoms with Crippen LogP contribution in [0.3, 0.4) is 0 Å². The molecule has 0 bridgehead atoms. The molecule has 34 heavy (non-hydrogen) atoms. The van der Waals surface area contributed by atoms with Gasteiger partial charge in [0.15, 0.2) is 0 Å². The maximum absolute atomic E-state index is 13.1. The largest absolute Gasteiger partial charge is 0.382 e. The van der Waals surface area contributed by atoms with Crippen LogP contribution >= 0.6 is 0 Å². The number of piperidine rings is 1. The highest BCUT2D eigenvalue weighted by Gasteiger charge is 2.22. The van der Waals surface area contributed by atoms with E-state index >= 15 is 0 Å². The predicted octanol–water partition coefficient (Wildman–Crippen LogP) is 5.34. The van der Waals surface area contributed by atoms with Crippen LogP contribution < -0.4 is 20.9 Å². The fourth-order valence-corrected chi connectivity index (χ4v) is 4.18. The van der Waals surface area contributed by atoms with Crippen molar-refractivity contribution in [2.45, 2.75) is 47.0 Å². The third-order valence-electron chi connectivity index (χ3n) is 6.21. The molecule has 3 amide bonds. The van der Waals surface area contributed by atoms with Crippen LogP contribution in [-0.4, -0.2) is 44.8 Å². The zero-order valence-corrected chi connectivity index (χ0v) is 20.9. The van der Waals surface area contributed by atoms with Crippen molar-refractivity contribution in [2.24, 2.45) is 5.92 Å². The van der Waals surface area contributed by atoms with Gasteiger partial charge < -0.3 is 25.6 Å². The van der Waals surface area contributed by atoms with Crippen LogP contribution in [0.25, 0.3) is 0 Å². The Morgan fingerprint density at radius 1 is 1.06 bits per heavy atom. The summed E-state index contributed by atoms with van der Waals surface area (Å²) in [5.74, 6) is 0.561. The molecule has 1 fully saturated rings. The molecule has 0 aromatic heterocycles. The number of aryl methyl sites for hydroxylation is 2. The number of hydrogen-bond acceptors (Lipinski definition) is 4. The van der Waals surface area contributed by atoms with E-state index in [0.717, 1.165) is 54.9 Å². The lowest BCUT2D eigenvalue weighted by molar-refractivity contribution is 0.0944. The number of amides is 3. The molecular formula is C27H38N4O3. The van der Waals surface area contributed by atoms with Gasteiger partial charge in [-0.2, -0.15) is 0 Å². The van der Waals surface area contributed by atoms with Crippen molar-refractivity contribution in [3.63, 3.8) is 0 Å².